The number of hydrogen-bond acceptors (Lipinski definition) is 6. The standard InChI is InChI=1S/C23H30N4O5S/c1-4-26(5-2)33(30,31)17-12-13-21(32-3)19(15-17)25-22(28)16-24-18-9-6-7-10-20(18)27-14-8-11-23(27)29/h6-7,9-10,12-13,15,24H,4-5,8,11,14,16H2,1-3H3,(H,25,28). The van der Waals surface area contributed by atoms with E-state index in [9.17, 15) is 18.0 Å². The lowest BCUT2D eigenvalue weighted by Crippen LogP contribution is -2.30. The maximum Gasteiger partial charge on any atom is 0.243 e. The fourth-order valence-electron chi connectivity index (χ4n) is 3.79. The highest BCUT2D eigenvalue weighted by atomic mass is 32.2. The maximum atomic E-state index is 12.9. The SMILES string of the molecule is CCN(CC)S(=O)(=O)c1ccc(OC)c(NC(=O)CNc2ccccc2N2CCCC2=O)c1. The summed E-state index contributed by atoms with van der Waals surface area (Å²) in [5, 5.41) is 5.80. The average molecular weight is 475 g/mol. The van der Waals surface area contributed by atoms with Crippen LogP contribution in [0.2, 0.25) is 0 Å². The number of rotatable bonds is 10. The second-order valence-corrected chi connectivity index (χ2v) is 9.46. The molecule has 2 amide bonds. The van der Waals surface area contributed by atoms with Gasteiger partial charge in [0.25, 0.3) is 0 Å². The van der Waals surface area contributed by atoms with Crippen molar-refractivity contribution in [2.75, 3.05) is 48.8 Å². The van der Waals surface area contributed by atoms with Crippen LogP contribution in [0.15, 0.2) is 47.4 Å². The van der Waals surface area contributed by atoms with E-state index < -0.39 is 10.0 Å². The Labute approximate surface area is 194 Å². The van der Waals surface area contributed by atoms with Gasteiger partial charge in [-0.05, 0) is 36.8 Å². The molecule has 178 valence electrons. The molecule has 2 aromatic carbocycles. The van der Waals surface area contributed by atoms with Crippen molar-refractivity contribution in [3.63, 3.8) is 0 Å². The molecule has 2 N–H and O–H groups in total. The molecule has 3 rings (SSSR count). The van der Waals surface area contributed by atoms with Gasteiger partial charge in [-0.1, -0.05) is 26.0 Å². The van der Waals surface area contributed by atoms with Gasteiger partial charge in [0.05, 0.1) is 35.6 Å². The molecular formula is C23H30N4O5S. The van der Waals surface area contributed by atoms with Gasteiger partial charge in [0.2, 0.25) is 21.8 Å². The van der Waals surface area contributed by atoms with E-state index in [2.05, 4.69) is 10.6 Å². The predicted octanol–water partition coefficient (Wildman–Crippen LogP) is 2.90. The van der Waals surface area contributed by atoms with E-state index in [0.29, 0.717) is 37.5 Å². The number of methoxy groups -OCH3 is 1. The number of nitrogens with one attached hydrogen (secondary N) is 2. The zero-order valence-electron chi connectivity index (χ0n) is 19.1. The second-order valence-electron chi connectivity index (χ2n) is 7.52. The topological polar surface area (TPSA) is 108 Å². The number of benzene rings is 2. The zero-order chi connectivity index (χ0) is 24.0. The highest BCUT2D eigenvalue weighted by Gasteiger charge is 2.25. The highest BCUT2D eigenvalue weighted by Crippen LogP contribution is 2.30. The Hall–Kier alpha value is -3.11. The number of sulfonamides is 1. The van der Waals surface area contributed by atoms with Gasteiger partial charge in [-0.15, -0.1) is 0 Å². The van der Waals surface area contributed by atoms with Crippen LogP contribution < -0.4 is 20.3 Å². The normalized spacial score (nSPS) is 13.9. The summed E-state index contributed by atoms with van der Waals surface area (Å²) in [4.78, 5) is 26.6. The Bertz CT molecular complexity index is 1120. The van der Waals surface area contributed by atoms with Crippen molar-refractivity contribution < 1.29 is 22.7 Å². The first kappa shape index (κ1) is 24.5. The van der Waals surface area contributed by atoms with Gasteiger partial charge in [-0.25, -0.2) is 8.42 Å². The molecule has 0 atom stereocenters. The minimum absolute atomic E-state index is 0.0599. The molecule has 1 heterocycles. The molecule has 0 saturated carbocycles. The Morgan fingerprint density at radius 2 is 1.85 bits per heavy atom. The van der Waals surface area contributed by atoms with E-state index in [-0.39, 0.29) is 28.9 Å². The summed E-state index contributed by atoms with van der Waals surface area (Å²) in [6, 6.07) is 11.7. The summed E-state index contributed by atoms with van der Waals surface area (Å²) in [5.41, 5.74) is 1.67. The number of ether oxygens (including phenoxy) is 1. The molecule has 10 heteroatoms. The predicted molar refractivity (Wildman–Crippen MR) is 128 cm³/mol. The molecular weight excluding hydrogens is 444 g/mol. The lowest BCUT2D eigenvalue weighted by molar-refractivity contribution is -0.117. The van der Waals surface area contributed by atoms with Crippen molar-refractivity contribution in [1.29, 1.82) is 0 Å². The Balaban J connectivity index is 1.75. The molecule has 33 heavy (non-hydrogen) atoms. The van der Waals surface area contributed by atoms with Crippen molar-refractivity contribution in [3.05, 3.63) is 42.5 Å². The van der Waals surface area contributed by atoms with Gasteiger partial charge in [0.15, 0.2) is 0 Å². The lowest BCUT2D eigenvalue weighted by Gasteiger charge is -2.21. The van der Waals surface area contributed by atoms with Crippen LogP contribution in [-0.4, -0.2) is 57.8 Å². The van der Waals surface area contributed by atoms with Gasteiger partial charge in [0.1, 0.15) is 5.75 Å². The zero-order valence-corrected chi connectivity index (χ0v) is 19.9. The summed E-state index contributed by atoms with van der Waals surface area (Å²) in [7, 11) is -2.24. The molecule has 1 aliphatic heterocycles. The van der Waals surface area contributed by atoms with E-state index in [1.807, 2.05) is 24.3 Å². The number of carbonyl (C=O) groups is 2. The van der Waals surface area contributed by atoms with Crippen LogP contribution >= 0.6 is 0 Å². The number of amides is 2. The molecule has 9 nitrogen and oxygen atoms in total. The van der Waals surface area contributed by atoms with Crippen LogP contribution in [0.4, 0.5) is 17.1 Å². The lowest BCUT2D eigenvalue weighted by atomic mass is 10.2. The van der Waals surface area contributed by atoms with E-state index in [1.54, 1.807) is 18.7 Å². The number of anilines is 3. The van der Waals surface area contributed by atoms with E-state index in [4.69, 9.17) is 4.74 Å². The van der Waals surface area contributed by atoms with E-state index >= 15 is 0 Å². The Morgan fingerprint density at radius 3 is 2.48 bits per heavy atom. The van der Waals surface area contributed by atoms with Crippen molar-refractivity contribution in [2.45, 2.75) is 31.6 Å². The van der Waals surface area contributed by atoms with Crippen molar-refractivity contribution in [3.8, 4) is 5.75 Å². The summed E-state index contributed by atoms with van der Waals surface area (Å²) < 4.78 is 32.4. The van der Waals surface area contributed by atoms with Gasteiger partial charge >= 0.3 is 0 Å². The monoisotopic (exact) mass is 474 g/mol. The quantitative estimate of drug-likeness (QED) is 0.548. The van der Waals surface area contributed by atoms with Crippen LogP contribution in [0.1, 0.15) is 26.7 Å². The van der Waals surface area contributed by atoms with Crippen LogP contribution in [0.3, 0.4) is 0 Å². The molecule has 0 radical (unpaired) electrons. The third kappa shape index (κ3) is 5.45. The second kappa shape index (κ2) is 10.7. The minimum atomic E-state index is -3.69. The number of carbonyl (C=O) groups excluding carboxylic acids is 2. The van der Waals surface area contributed by atoms with E-state index in [0.717, 1.165) is 12.1 Å². The molecule has 2 aromatic rings. The first-order valence-electron chi connectivity index (χ1n) is 10.9. The van der Waals surface area contributed by atoms with Gasteiger partial charge in [0, 0.05) is 26.1 Å². The molecule has 1 fully saturated rings. The Kier molecular flexibility index (Phi) is 7.93. The molecule has 1 aliphatic rings. The van der Waals surface area contributed by atoms with Gasteiger partial charge < -0.3 is 20.3 Å². The summed E-state index contributed by atoms with van der Waals surface area (Å²) in [6.07, 6.45) is 1.32. The van der Waals surface area contributed by atoms with Crippen LogP contribution in [0.5, 0.6) is 5.75 Å². The first-order valence-corrected chi connectivity index (χ1v) is 12.4. The third-order valence-corrected chi connectivity index (χ3v) is 7.54. The van der Waals surface area contributed by atoms with Gasteiger partial charge in [-0.3, -0.25) is 9.59 Å². The fraction of sp³-hybridized carbons (Fsp3) is 0.391. The Morgan fingerprint density at radius 1 is 1.12 bits per heavy atom. The fourth-order valence-corrected chi connectivity index (χ4v) is 5.27. The van der Waals surface area contributed by atoms with E-state index in [1.165, 1.54) is 29.6 Å². The molecule has 0 aliphatic carbocycles. The summed E-state index contributed by atoms with van der Waals surface area (Å²) in [5.74, 6) is 0.0304. The highest BCUT2D eigenvalue weighted by molar-refractivity contribution is 7.89. The molecule has 1 saturated heterocycles. The third-order valence-electron chi connectivity index (χ3n) is 5.50. The molecule has 0 unspecified atom stereocenters. The van der Waals surface area contributed by atoms with Crippen molar-refractivity contribution >= 4 is 38.9 Å². The minimum Gasteiger partial charge on any atom is -0.495 e. The molecule has 0 bridgehead atoms. The number of para-hydroxylation sites is 2. The smallest absolute Gasteiger partial charge is 0.243 e. The first-order chi connectivity index (χ1) is 15.8. The van der Waals surface area contributed by atoms with Crippen LogP contribution in [0.25, 0.3) is 0 Å². The molecule has 0 spiro atoms. The summed E-state index contributed by atoms with van der Waals surface area (Å²) in [6.45, 7) is 4.80. The molecule has 0 aromatic heterocycles. The van der Waals surface area contributed by atoms with Gasteiger partial charge in [-0.2, -0.15) is 4.31 Å². The van der Waals surface area contributed by atoms with Crippen LogP contribution in [-0.2, 0) is 19.6 Å². The average Bonchev–Trinajstić information content (AvgIpc) is 3.24. The largest absolute Gasteiger partial charge is 0.495 e. The van der Waals surface area contributed by atoms with Crippen molar-refractivity contribution in [2.24, 2.45) is 0 Å². The maximum absolute atomic E-state index is 12.9. The number of nitrogens with zero attached hydrogens (tertiary/aromatic N) is 2. The number of hydrogen-bond donors (Lipinski definition) is 2. The van der Waals surface area contributed by atoms with Crippen molar-refractivity contribution in [1.82, 2.24) is 4.31 Å². The van der Waals surface area contributed by atoms with Crippen LogP contribution in [0, 0.1) is 0 Å². The summed E-state index contributed by atoms with van der Waals surface area (Å²) >= 11 is 0.